The average molecular weight is 270 g/mol. The van der Waals surface area contributed by atoms with Gasteiger partial charge in [0.25, 0.3) is 0 Å². The lowest BCUT2D eigenvalue weighted by atomic mass is 10.0. The van der Waals surface area contributed by atoms with Gasteiger partial charge in [-0.05, 0) is 48.4 Å². The summed E-state index contributed by atoms with van der Waals surface area (Å²) in [6.07, 6.45) is 0.986. The molecule has 20 heavy (non-hydrogen) atoms. The van der Waals surface area contributed by atoms with E-state index in [0.29, 0.717) is 5.75 Å². The summed E-state index contributed by atoms with van der Waals surface area (Å²) in [6.45, 7) is 2.15. The molecule has 0 aliphatic carbocycles. The third-order valence-corrected chi connectivity index (χ3v) is 3.43. The van der Waals surface area contributed by atoms with Crippen LogP contribution in [0.4, 0.5) is 11.4 Å². The first kappa shape index (κ1) is 14.3. The molecule has 0 aliphatic heterocycles. The van der Waals surface area contributed by atoms with E-state index in [1.54, 1.807) is 12.1 Å². The lowest BCUT2D eigenvalue weighted by Gasteiger charge is -2.20. The minimum atomic E-state index is 0.251. The molecule has 0 heterocycles. The quantitative estimate of drug-likeness (QED) is 0.861. The zero-order chi connectivity index (χ0) is 14.5. The van der Waals surface area contributed by atoms with E-state index in [-0.39, 0.29) is 6.04 Å². The van der Waals surface area contributed by atoms with E-state index in [9.17, 15) is 5.11 Å². The molecular formula is C17H22N2O. The Hall–Kier alpha value is -2.16. The monoisotopic (exact) mass is 270 g/mol. The molecule has 2 N–H and O–H groups in total. The first-order valence-electron chi connectivity index (χ1n) is 6.93. The molecule has 1 atom stereocenters. The maximum atomic E-state index is 9.36. The highest BCUT2D eigenvalue weighted by atomic mass is 16.3. The van der Waals surface area contributed by atoms with Crippen molar-refractivity contribution in [1.82, 2.24) is 0 Å². The van der Waals surface area contributed by atoms with Crippen molar-refractivity contribution in [3.8, 4) is 5.75 Å². The van der Waals surface area contributed by atoms with Gasteiger partial charge in [0, 0.05) is 25.5 Å². The molecule has 0 amide bonds. The van der Waals surface area contributed by atoms with Crippen LogP contribution in [-0.4, -0.2) is 19.2 Å². The summed E-state index contributed by atoms with van der Waals surface area (Å²) in [5.41, 5.74) is 3.48. The SMILES string of the molecule is CCC(Nc1ccc(N(C)C)cc1)c1ccc(O)cc1. The number of rotatable bonds is 5. The molecule has 0 aromatic heterocycles. The number of aromatic hydroxyl groups is 1. The molecule has 0 bridgehead atoms. The highest BCUT2D eigenvalue weighted by Crippen LogP contribution is 2.25. The average Bonchev–Trinajstić information content (AvgIpc) is 2.46. The van der Waals surface area contributed by atoms with Crippen molar-refractivity contribution in [3.63, 3.8) is 0 Å². The Morgan fingerprint density at radius 1 is 1.00 bits per heavy atom. The molecule has 0 radical (unpaired) electrons. The maximum Gasteiger partial charge on any atom is 0.115 e. The molecule has 0 saturated carbocycles. The minimum absolute atomic E-state index is 0.251. The fraction of sp³-hybridized carbons (Fsp3) is 0.294. The standard InChI is InChI=1S/C17H22N2O/c1-4-17(13-5-11-16(20)12-6-13)18-14-7-9-15(10-8-14)19(2)3/h5-12,17-18,20H,4H2,1-3H3. The van der Waals surface area contributed by atoms with Crippen molar-refractivity contribution in [2.45, 2.75) is 19.4 Å². The van der Waals surface area contributed by atoms with E-state index in [1.165, 1.54) is 11.3 Å². The molecule has 0 fully saturated rings. The van der Waals surface area contributed by atoms with Crippen LogP contribution >= 0.6 is 0 Å². The van der Waals surface area contributed by atoms with Gasteiger partial charge in [-0.25, -0.2) is 0 Å². The lowest BCUT2D eigenvalue weighted by Crippen LogP contribution is -2.11. The largest absolute Gasteiger partial charge is 0.508 e. The van der Waals surface area contributed by atoms with Crippen LogP contribution in [0.2, 0.25) is 0 Å². The van der Waals surface area contributed by atoms with Gasteiger partial charge in [-0.15, -0.1) is 0 Å². The van der Waals surface area contributed by atoms with Crippen LogP contribution in [0.3, 0.4) is 0 Å². The number of phenolic OH excluding ortho intramolecular Hbond substituents is 1. The highest BCUT2D eigenvalue weighted by molar-refractivity contribution is 5.55. The predicted molar refractivity (Wildman–Crippen MR) is 85.5 cm³/mol. The van der Waals surface area contributed by atoms with Crippen LogP contribution in [0.5, 0.6) is 5.75 Å². The Morgan fingerprint density at radius 2 is 1.60 bits per heavy atom. The summed E-state index contributed by atoms with van der Waals surface area (Å²) >= 11 is 0. The number of phenols is 1. The van der Waals surface area contributed by atoms with Gasteiger partial charge in [-0.3, -0.25) is 0 Å². The second kappa shape index (κ2) is 6.33. The van der Waals surface area contributed by atoms with Crippen molar-refractivity contribution in [3.05, 3.63) is 54.1 Å². The summed E-state index contributed by atoms with van der Waals surface area (Å²) in [4.78, 5) is 2.08. The topological polar surface area (TPSA) is 35.5 Å². The Kier molecular flexibility index (Phi) is 4.51. The summed E-state index contributed by atoms with van der Waals surface area (Å²) in [5.74, 6) is 0.305. The first-order valence-corrected chi connectivity index (χ1v) is 6.93. The Labute approximate surface area is 120 Å². The Balaban J connectivity index is 2.11. The second-order valence-electron chi connectivity index (χ2n) is 5.14. The number of benzene rings is 2. The Morgan fingerprint density at radius 3 is 2.10 bits per heavy atom. The van der Waals surface area contributed by atoms with Crippen molar-refractivity contribution >= 4 is 11.4 Å². The number of anilines is 2. The van der Waals surface area contributed by atoms with E-state index in [1.807, 2.05) is 26.2 Å². The van der Waals surface area contributed by atoms with E-state index in [0.717, 1.165) is 12.1 Å². The highest BCUT2D eigenvalue weighted by Gasteiger charge is 2.09. The Bertz CT molecular complexity index is 532. The van der Waals surface area contributed by atoms with Gasteiger partial charge in [-0.2, -0.15) is 0 Å². The number of hydrogen-bond acceptors (Lipinski definition) is 3. The van der Waals surface area contributed by atoms with Crippen molar-refractivity contribution in [2.75, 3.05) is 24.3 Å². The van der Waals surface area contributed by atoms with Crippen LogP contribution in [0.1, 0.15) is 24.9 Å². The van der Waals surface area contributed by atoms with Crippen LogP contribution in [0.15, 0.2) is 48.5 Å². The summed E-state index contributed by atoms with van der Waals surface area (Å²) in [6, 6.07) is 16.0. The van der Waals surface area contributed by atoms with Crippen molar-refractivity contribution < 1.29 is 5.11 Å². The maximum absolute atomic E-state index is 9.36. The summed E-state index contributed by atoms with van der Waals surface area (Å²) in [7, 11) is 4.07. The number of nitrogens with zero attached hydrogens (tertiary/aromatic N) is 1. The van der Waals surface area contributed by atoms with Gasteiger partial charge >= 0.3 is 0 Å². The van der Waals surface area contributed by atoms with Gasteiger partial charge in [0.05, 0.1) is 6.04 Å². The van der Waals surface area contributed by atoms with Crippen LogP contribution < -0.4 is 10.2 Å². The van der Waals surface area contributed by atoms with Crippen molar-refractivity contribution in [1.29, 1.82) is 0 Å². The van der Waals surface area contributed by atoms with Crippen LogP contribution in [-0.2, 0) is 0 Å². The molecule has 0 spiro atoms. The number of hydrogen-bond donors (Lipinski definition) is 2. The van der Waals surface area contributed by atoms with E-state index in [4.69, 9.17) is 0 Å². The first-order chi connectivity index (χ1) is 9.60. The van der Waals surface area contributed by atoms with E-state index in [2.05, 4.69) is 41.4 Å². The van der Waals surface area contributed by atoms with Gasteiger partial charge in [0.2, 0.25) is 0 Å². The normalized spacial score (nSPS) is 11.9. The third kappa shape index (κ3) is 3.44. The van der Waals surface area contributed by atoms with Gasteiger partial charge < -0.3 is 15.3 Å². The minimum Gasteiger partial charge on any atom is -0.508 e. The third-order valence-electron chi connectivity index (χ3n) is 3.43. The predicted octanol–water partition coefficient (Wildman–Crippen LogP) is 4.02. The molecule has 106 valence electrons. The fourth-order valence-electron chi connectivity index (χ4n) is 2.18. The molecular weight excluding hydrogens is 248 g/mol. The zero-order valence-corrected chi connectivity index (χ0v) is 12.3. The fourth-order valence-corrected chi connectivity index (χ4v) is 2.18. The number of nitrogens with one attached hydrogen (secondary N) is 1. The molecule has 1 unspecified atom stereocenters. The van der Waals surface area contributed by atoms with Gasteiger partial charge in [0.1, 0.15) is 5.75 Å². The molecule has 2 aromatic rings. The van der Waals surface area contributed by atoms with Gasteiger partial charge in [-0.1, -0.05) is 19.1 Å². The molecule has 0 aliphatic rings. The van der Waals surface area contributed by atoms with E-state index >= 15 is 0 Å². The van der Waals surface area contributed by atoms with Crippen LogP contribution in [0, 0.1) is 0 Å². The second-order valence-corrected chi connectivity index (χ2v) is 5.14. The lowest BCUT2D eigenvalue weighted by molar-refractivity contribution is 0.475. The zero-order valence-electron chi connectivity index (χ0n) is 12.3. The van der Waals surface area contributed by atoms with Crippen molar-refractivity contribution in [2.24, 2.45) is 0 Å². The molecule has 3 nitrogen and oxygen atoms in total. The molecule has 2 aromatic carbocycles. The van der Waals surface area contributed by atoms with Crippen LogP contribution in [0.25, 0.3) is 0 Å². The molecule has 0 saturated heterocycles. The molecule has 3 heteroatoms. The van der Waals surface area contributed by atoms with E-state index < -0.39 is 0 Å². The smallest absolute Gasteiger partial charge is 0.115 e. The summed E-state index contributed by atoms with van der Waals surface area (Å²) < 4.78 is 0. The van der Waals surface area contributed by atoms with Gasteiger partial charge in [0.15, 0.2) is 0 Å². The molecule has 2 rings (SSSR count). The summed E-state index contributed by atoms with van der Waals surface area (Å²) in [5, 5.41) is 12.9.